The van der Waals surface area contributed by atoms with Crippen molar-refractivity contribution < 1.29 is 9.59 Å². The lowest BCUT2D eigenvalue weighted by Gasteiger charge is -2.20. The van der Waals surface area contributed by atoms with Gasteiger partial charge in [0.2, 0.25) is 11.8 Å². The van der Waals surface area contributed by atoms with E-state index in [9.17, 15) is 14.4 Å². The predicted molar refractivity (Wildman–Crippen MR) is 96.6 cm³/mol. The smallest absolute Gasteiger partial charge is 0.345 e. The molecule has 3 heterocycles. The number of nitrogens with one attached hydrogen (secondary N) is 1. The molecule has 1 aromatic rings. The van der Waals surface area contributed by atoms with Crippen molar-refractivity contribution in [1.82, 2.24) is 24.6 Å². The summed E-state index contributed by atoms with van der Waals surface area (Å²) in [6.45, 7) is 2.21. The fraction of sp³-hybridized carbons (Fsp3) is 0.778. The largest absolute Gasteiger partial charge is 0.353 e. The van der Waals surface area contributed by atoms with Crippen LogP contribution < -0.4 is 11.0 Å². The minimum Gasteiger partial charge on any atom is -0.353 e. The SMILES string of the molecule is Cn1nc2n(c1=O)CCC(NC(=O)CCC(=O)N1CCCCCC1)CC2. The second-order valence-electron chi connectivity index (χ2n) is 7.36. The first-order valence-corrected chi connectivity index (χ1v) is 9.74. The fourth-order valence-electron chi connectivity index (χ4n) is 3.84. The average molecular weight is 363 g/mol. The molecule has 1 N–H and O–H groups in total. The molecule has 0 saturated carbocycles. The Labute approximate surface area is 153 Å². The Morgan fingerprint density at radius 1 is 1.08 bits per heavy atom. The molecule has 0 radical (unpaired) electrons. The van der Waals surface area contributed by atoms with Crippen molar-refractivity contribution in [2.75, 3.05) is 13.1 Å². The molecule has 3 rings (SSSR count). The molecule has 2 aliphatic heterocycles. The molecule has 1 aromatic heterocycles. The summed E-state index contributed by atoms with van der Waals surface area (Å²) in [5.41, 5.74) is -0.102. The van der Waals surface area contributed by atoms with Gasteiger partial charge in [-0.25, -0.2) is 9.48 Å². The van der Waals surface area contributed by atoms with Gasteiger partial charge >= 0.3 is 5.69 Å². The Kier molecular flexibility index (Phi) is 6.11. The van der Waals surface area contributed by atoms with Gasteiger partial charge in [-0.15, -0.1) is 0 Å². The Balaban J connectivity index is 1.43. The standard InChI is InChI=1S/C18H29N5O3/c1-21-18(26)23-13-10-14(6-7-15(23)20-21)19-16(24)8-9-17(25)22-11-4-2-3-5-12-22/h14H,2-13H2,1H3,(H,19,24). The lowest BCUT2D eigenvalue weighted by atomic mass is 10.1. The maximum atomic E-state index is 12.3. The van der Waals surface area contributed by atoms with Crippen LogP contribution in [0.4, 0.5) is 0 Å². The third-order valence-electron chi connectivity index (χ3n) is 5.39. The number of carbonyl (C=O) groups is 2. The van der Waals surface area contributed by atoms with Crippen molar-refractivity contribution in [1.29, 1.82) is 0 Å². The molecule has 1 fully saturated rings. The molecule has 1 unspecified atom stereocenters. The molecule has 1 saturated heterocycles. The van der Waals surface area contributed by atoms with Gasteiger partial charge in [-0.3, -0.25) is 14.2 Å². The summed E-state index contributed by atoms with van der Waals surface area (Å²) in [6, 6.07) is 0.0298. The van der Waals surface area contributed by atoms with Gasteiger partial charge in [0.15, 0.2) is 0 Å². The van der Waals surface area contributed by atoms with Crippen molar-refractivity contribution >= 4 is 11.8 Å². The maximum absolute atomic E-state index is 12.3. The number of carbonyl (C=O) groups excluding carboxylic acids is 2. The summed E-state index contributed by atoms with van der Waals surface area (Å²) in [5.74, 6) is 0.794. The van der Waals surface area contributed by atoms with E-state index in [1.807, 2.05) is 4.90 Å². The number of likely N-dealkylation sites (tertiary alicyclic amines) is 1. The molecule has 8 nitrogen and oxygen atoms in total. The molecule has 2 aliphatic rings. The van der Waals surface area contributed by atoms with Crippen molar-refractivity contribution in [3.63, 3.8) is 0 Å². The van der Waals surface area contributed by atoms with E-state index in [1.54, 1.807) is 11.6 Å². The van der Waals surface area contributed by atoms with Gasteiger partial charge in [-0.05, 0) is 25.7 Å². The van der Waals surface area contributed by atoms with E-state index >= 15 is 0 Å². The van der Waals surface area contributed by atoms with Crippen LogP contribution in [0.1, 0.15) is 57.2 Å². The molecule has 0 aromatic carbocycles. The lowest BCUT2D eigenvalue weighted by molar-refractivity contribution is -0.133. The zero-order chi connectivity index (χ0) is 18.5. The quantitative estimate of drug-likeness (QED) is 0.848. The number of aryl methyl sites for hydroxylation is 2. The maximum Gasteiger partial charge on any atom is 0.345 e. The molecule has 0 spiro atoms. The summed E-state index contributed by atoms with van der Waals surface area (Å²) >= 11 is 0. The van der Waals surface area contributed by atoms with E-state index in [0.29, 0.717) is 19.4 Å². The van der Waals surface area contributed by atoms with Gasteiger partial charge in [0.05, 0.1) is 0 Å². The van der Waals surface area contributed by atoms with Crippen LogP contribution in [-0.2, 0) is 29.6 Å². The minimum atomic E-state index is -0.102. The Morgan fingerprint density at radius 3 is 2.54 bits per heavy atom. The van der Waals surface area contributed by atoms with E-state index in [2.05, 4.69) is 10.4 Å². The summed E-state index contributed by atoms with van der Waals surface area (Å²) in [4.78, 5) is 38.4. The topological polar surface area (TPSA) is 89.2 Å². The van der Waals surface area contributed by atoms with Crippen molar-refractivity contribution in [2.45, 2.75) is 70.4 Å². The summed E-state index contributed by atoms with van der Waals surface area (Å²) in [6.07, 6.45) is 7.17. The minimum absolute atomic E-state index is 0.0298. The number of amides is 2. The van der Waals surface area contributed by atoms with Crippen molar-refractivity contribution in [2.24, 2.45) is 7.05 Å². The van der Waals surface area contributed by atoms with Crippen LogP contribution in [0.2, 0.25) is 0 Å². The Bertz CT molecular complexity index is 700. The zero-order valence-electron chi connectivity index (χ0n) is 15.6. The highest BCUT2D eigenvalue weighted by molar-refractivity contribution is 5.83. The molecule has 0 aliphatic carbocycles. The number of nitrogens with zero attached hydrogens (tertiary/aromatic N) is 4. The van der Waals surface area contributed by atoms with Crippen molar-refractivity contribution in [3.05, 3.63) is 16.3 Å². The monoisotopic (exact) mass is 363 g/mol. The van der Waals surface area contributed by atoms with Crippen LogP contribution in [0, 0.1) is 0 Å². The van der Waals surface area contributed by atoms with Crippen LogP contribution >= 0.6 is 0 Å². The molecule has 0 bridgehead atoms. The van der Waals surface area contributed by atoms with Gasteiger partial charge in [0.1, 0.15) is 5.82 Å². The number of hydrogen-bond donors (Lipinski definition) is 1. The number of hydrogen-bond acceptors (Lipinski definition) is 4. The number of fused-ring (bicyclic) bond motifs is 1. The zero-order valence-corrected chi connectivity index (χ0v) is 15.6. The van der Waals surface area contributed by atoms with Crippen LogP contribution in [0.3, 0.4) is 0 Å². The lowest BCUT2D eigenvalue weighted by Crippen LogP contribution is -2.37. The molecule has 8 heteroatoms. The second-order valence-corrected chi connectivity index (χ2v) is 7.36. The molecule has 144 valence electrons. The first kappa shape index (κ1) is 18.7. The number of rotatable bonds is 4. The third kappa shape index (κ3) is 4.53. The van der Waals surface area contributed by atoms with E-state index in [1.165, 1.54) is 17.5 Å². The van der Waals surface area contributed by atoms with Gasteiger partial charge in [0.25, 0.3) is 0 Å². The average Bonchev–Trinajstić information content (AvgIpc) is 2.88. The van der Waals surface area contributed by atoms with Gasteiger partial charge in [-0.2, -0.15) is 5.10 Å². The highest BCUT2D eigenvalue weighted by atomic mass is 16.2. The summed E-state index contributed by atoms with van der Waals surface area (Å²) < 4.78 is 3.05. The fourth-order valence-corrected chi connectivity index (χ4v) is 3.84. The molecule has 26 heavy (non-hydrogen) atoms. The predicted octanol–water partition coefficient (Wildman–Crippen LogP) is 0.586. The summed E-state index contributed by atoms with van der Waals surface area (Å²) in [7, 11) is 1.66. The van der Waals surface area contributed by atoms with Crippen LogP contribution in [0.15, 0.2) is 4.79 Å². The van der Waals surface area contributed by atoms with Gasteiger partial charge in [-0.1, -0.05) is 12.8 Å². The van der Waals surface area contributed by atoms with Gasteiger partial charge < -0.3 is 10.2 Å². The molecular weight excluding hydrogens is 334 g/mol. The number of aromatic nitrogens is 3. The van der Waals surface area contributed by atoms with Crippen LogP contribution in [0.25, 0.3) is 0 Å². The third-order valence-corrected chi connectivity index (χ3v) is 5.39. The first-order chi connectivity index (χ1) is 12.5. The van der Waals surface area contributed by atoms with E-state index < -0.39 is 0 Å². The highest BCUT2D eigenvalue weighted by Crippen LogP contribution is 2.13. The normalized spacial score (nSPS) is 20.8. The Hall–Kier alpha value is -2.12. The van der Waals surface area contributed by atoms with Crippen molar-refractivity contribution in [3.8, 4) is 0 Å². The highest BCUT2D eigenvalue weighted by Gasteiger charge is 2.22. The first-order valence-electron chi connectivity index (χ1n) is 9.74. The second kappa shape index (κ2) is 8.51. The molecule has 1 atom stereocenters. The molecular formula is C18H29N5O3. The molecule has 2 amide bonds. The van der Waals surface area contributed by atoms with Crippen LogP contribution in [0.5, 0.6) is 0 Å². The van der Waals surface area contributed by atoms with E-state index in [4.69, 9.17) is 0 Å². The van der Waals surface area contributed by atoms with Gasteiger partial charge in [0, 0.05) is 52.0 Å². The van der Waals surface area contributed by atoms with E-state index in [-0.39, 0.29) is 36.4 Å². The summed E-state index contributed by atoms with van der Waals surface area (Å²) in [5, 5.41) is 7.28. The Morgan fingerprint density at radius 2 is 1.81 bits per heavy atom. The van der Waals surface area contributed by atoms with Crippen LogP contribution in [-0.4, -0.2) is 50.2 Å². The van der Waals surface area contributed by atoms with E-state index in [0.717, 1.165) is 38.2 Å².